The number of carbonyl (C=O) groups excluding carboxylic acids is 1. The Morgan fingerprint density at radius 3 is 2.32 bits per heavy atom. The van der Waals surface area contributed by atoms with E-state index in [-0.39, 0.29) is 23.9 Å². The van der Waals surface area contributed by atoms with Crippen molar-refractivity contribution in [3.05, 3.63) is 11.4 Å². The average molecular weight is 266 g/mol. The van der Waals surface area contributed by atoms with Crippen LogP contribution >= 0.6 is 0 Å². The number of nitrogens with two attached hydrogens (primary N) is 1. The summed E-state index contributed by atoms with van der Waals surface area (Å²) in [5.41, 5.74) is 8.22. The van der Waals surface area contributed by atoms with Crippen LogP contribution in [-0.2, 0) is 11.3 Å². The van der Waals surface area contributed by atoms with Gasteiger partial charge in [0.15, 0.2) is 0 Å². The Morgan fingerprint density at radius 2 is 1.95 bits per heavy atom. The van der Waals surface area contributed by atoms with Gasteiger partial charge in [0, 0.05) is 13.1 Å². The first kappa shape index (κ1) is 15.5. The number of likely N-dealkylation sites (N-methyl/N-ethyl adjacent to an activating group) is 1. The highest BCUT2D eigenvalue weighted by Crippen LogP contribution is 2.23. The maximum absolute atomic E-state index is 12.3. The fourth-order valence-corrected chi connectivity index (χ4v) is 1.90. The van der Waals surface area contributed by atoms with Crippen LogP contribution < -0.4 is 5.73 Å². The standard InChI is InChI=1S/C14H26N4O/c1-9-13(15)10(2)18(16-9)8-12(19)17(7)11(3)14(4,5)6/h11H,8,15H2,1-7H3. The fourth-order valence-electron chi connectivity index (χ4n) is 1.90. The molecule has 1 aromatic rings. The van der Waals surface area contributed by atoms with E-state index in [1.807, 2.05) is 20.9 Å². The summed E-state index contributed by atoms with van der Waals surface area (Å²) in [5.74, 6) is 0.0491. The molecule has 1 unspecified atom stereocenters. The maximum Gasteiger partial charge on any atom is 0.244 e. The van der Waals surface area contributed by atoms with Gasteiger partial charge in [-0.3, -0.25) is 9.48 Å². The molecule has 0 saturated carbocycles. The summed E-state index contributed by atoms with van der Waals surface area (Å²) in [7, 11) is 1.84. The second-order valence-corrected chi connectivity index (χ2v) is 6.29. The molecule has 1 aromatic heterocycles. The van der Waals surface area contributed by atoms with Crippen LogP contribution in [0.4, 0.5) is 5.69 Å². The van der Waals surface area contributed by atoms with Crippen molar-refractivity contribution >= 4 is 11.6 Å². The van der Waals surface area contributed by atoms with Crippen molar-refractivity contribution in [2.75, 3.05) is 12.8 Å². The van der Waals surface area contributed by atoms with Crippen LogP contribution in [-0.4, -0.2) is 33.7 Å². The van der Waals surface area contributed by atoms with Crippen LogP contribution in [0, 0.1) is 19.3 Å². The van der Waals surface area contributed by atoms with Crippen molar-refractivity contribution in [3.63, 3.8) is 0 Å². The second kappa shape index (κ2) is 5.23. The molecule has 2 N–H and O–H groups in total. The van der Waals surface area contributed by atoms with Crippen LogP contribution in [0.3, 0.4) is 0 Å². The molecule has 0 bridgehead atoms. The van der Waals surface area contributed by atoms with Gasteiger partial charge in [-0.2, -0.15) is 5.10 Å². The molecular weight excluding hydrogens is 240 g/mol. The number of carbonyl (C=O) groups is 1. The lowest BCUT2D eigenvalue weighted by Crippen LogP contribution is -2.44. The lowest BCUT2D eigenvalue weighted by Gasteiger charge is -2.35. The van der Waals surface area contributed by atoms with Crippen LogP contribution in [0.1, 0.15) is 39.1 Å². The SMILES string of the molecule is Cc1nn(CC(=O)N(C)C(C)C(C)(C)C)c(C)c1N. The zero-order valence-corrected chi connectivity index (χ0v) is 13.1. The summed E-state index contributed by atoms with van der Waals surface area (Å²) in [6, 6.07) is 0.161. The number of hydrogen-bond acceptors (Lipinski definition) is 3. The Hall–Kier alpha value is -1.52. The minimum atomic E-state index is 0.0491. The van der Waals surface area contributed by atoms with E-state index in [0.717, 1.165) is 11.4 Å². The van der Waals surface area contributed by atoms with E-state index in [0.29, 0.717) is 5.69 Å². The summed E-state index contributed by atoms with van der Waals surface area (Å²) in [6.45, 7) is 12.4. The largest absolute Gasteiger partial charge is 0.396 e. The third-order valence-corrected chi connectivity index (χ3v) is 3.95. The number of nitrogens with zero attached hydrogens (tertiary/aromatic N) is 3. The molecule has 0 spiro atoms. The fraction of sp³-hybridized carbons (Fsp3) is 0.714. The Balaban J connectivity index is 2.83. The van der Waals surface area contributed by atoms with Crippen molar-refractivity contribution in [1.82, 2.24) is 14.7 Å². The van der Waals surface area contributed by atoms with Crippen LogP contribution in [0.2, 0.25) is 0 Å². The van der Waals surface area contributed by atoms with Crippen molar-refractivity contribution in [2.24, 2.45) is 5.41 Å². The van der Waals surface area contributed by atoms with Gasteiger partial charge < -0.3 is 10.6 Å². The molecule has 0 saturated heterocycles. The summed E-state index contributed by atoms with van der Waals surface area (Å²) in [6.07, 6.45) is 0. The van der Waals surface area contributed by atoms with Crippen LogP contribution in [0.15, 0.2) is 0 Å². The molecule has 1 atom stereocenters. The first-order chi connectivity index (χ1) is 8.55. The summed E-state index contributed by atoms with van der Waals surface area (Å²) < 4.78 is 1.68. The maximum atomic E-state index is 12.3. The predicted molar refractivity (Wildman–Crippen MR) is 77.8 cm³/mol. The number of amides is 1. The Morgan fingerprint density at radius 1 is 1.42 bits per heavy atom. The van der Waals surface area contributed by atoms with Gasteiger partial charge in [-0.25, -0.2) is 0 Å². The zero-order valence-electron chi connectivity index (χ0n) is 13.1. The number of anilines is 1. The third-order valence-electron chi connectivity index (χ3n) is 3.95. The zero-order chi connectivity index (χ0) is 15.0. The average Bonchev–Trinajstić information content (AvgIpc) is 2.54. The normalized spacial score (nSPS) is 13.4. The van der Waals surface area contributed by atoms with Gasteiger partial charge in [-0.15, -0.1) is 0 Å². The van der Waals surface area contributed by atoms with Gasteiger partial charge in [0.05, 0.1) is 17.1 Å². The molecule has 1 amide bonds. The topological polar surface area (TPSA) is 64.2 Å². The molecule has 1 rings (SSSR count). The van der Waals surface area contributed by atoms with E-state index >= 15 is 0 Å². The van der Waals surface area contributed by atoms with E-state index in [4.69, 9.17) is 5.73 Å². The van der Waals surface area contributed by atoms with Gasteiger partial charge in [0.1, 0.15) is 6.54 Å². The first-order valence-electron chi connectivity index (χ1n) is 6.60. The van der Waals surface area contributed by atoms with E-state index in [2.05, 4.69) is 32.8 Å². The Kier molecular flexibility index (Phi) is 4.28. The van der Waals surface area contributed by atoms with Crippen molar-refractivity contribution in [1.29, 1.82) is 0 Å². The van der Waals surface area contributed by atoms with Crippen LogP contribution in [0.5, 0.6) is 0 Å². The Bertz CT molecular complexity index is 471. The Labute approximate surface area is 115 Å². The molecule has 5 nitrogen and oxygen atoms in total. The molecule has 1 heterocycles. The molecule has 5 heteroatoms. The van der Waals surface area contributed by atoms with Crippen molar-refractivity contribution < 1.29 is 4.79 Å². The van der Waals surface area contributed by atoms with Crippen molar-refractivity contribution in [3.8, 4) is 0 Å². The first-order valence-corrected chi connectivity index (χ1v) is 6.60. The van der Waals surface area contributed by atoms with Crippen molar-refractivity contribution in [2.45, 2.75) is 54.1 Å². The lowest BCUT2D eigenvalue weighted by molar-refractivity contribution is -0.134. The minimum Gasteiger partial charge on any atom is -0.396 e. The minimum absolute atomic E-state index is 0.0491. The molecule has 19 heavy (non-hydrogen) atoms. The van der Waals surface area contributed by atoms with Gasteiger partial charge in [-0.1, -0.05) is 20.8 Å². The monoisotopic (exact) mass is 266 g/mol. The molecule has 0 radical (unpaired) electrons. The van der Waals surface area contributed by atoms with Gasteiger partial charge in [0.2, 0.25) is 5.91 Å². The number of hydrogen-bond donors (Lipinski definition) is 1. The molecule has 0 aliphatic carbocycles. The molecule has 108 valence electrons. The third kappa shape index (κ3) is 3.28. The summed E-state index contributed by atoms with van der Waals surface area (Å²) in [5, 5.41) is 4.30. The highest BCUT2D eigenvalue weighted by Gasteiger charge is 2.27. The highest BCUT2D eigenvalue weighted by molar-refractivity contribution is 5.76. The molecule has 0 fully saturated rings. The number of rotatable bonds is 3. The van der Waals surface area contributed by atoms with Gasteiger partial charge in [-0.05, 0) is 26.2 Å². The lowest BCUT2D eigenvalue weighted by atomic mass is 9.87. The van der Waals surface area contributed by atoms with Gasteiger partial charge in [0.25, 0.3) is 0 Å². The molecular formula is C14H26N4O. The van der Waals surface area contributed by atoms with Crippen LogP contribution in [0.25, 0.3) is 0 Å². The van der Waals surface area contributed by atoms with E-state index < -0.39 is 0 Å². The summed E-state index contributed by atoms with van der Waals surface area (Å²) >= 11 is 0. The number of aromatic nitrogens is 2. The van der Waals surface area contributed by atoms with Gasteiger partial charge >= 0.3 is 0 Å². The number of aryl methyl sites for hydroxylation is 1. The highest BCUT2D eigenvalue weighted by atomic mass is 16.2. The van der Waals surface area contributed by atoms with E-state index in [9.17, 15) is 4.79 Å². The second-order valence-electron chi connectivity index (χ2n) is 6.29. The molecule has 0 aliphatic rings. The van der Waals surface area contributed by atoms with E-state index in [1.165, 1.54) is 0 Å². The summed E-state index contributed by atoms with van der Waals surface area (Å²) in [4.78, 5) is 14.1. The smallest absolute Gasteiger partial charge is 0.244 e. The number of nitrogen functional groups attached to an aromatic ring is 1. The molecule has 0 aliphatic heterocycles. The molecule has 0 aromatic carbocycles. The quantitative estimate of drug-likeness (QED) is 0.909. The van der Waals surface area contributed by atoms with E-state index in [1.54, 1.807) is 9.58 Å². The predicted octanol–water partition coefficient (Wildman–Crippen LogP) is 1.98.